The van der Waals surface area contributed by atoms with Gasteiger partial charge in [-0.1, -0.05) is 6.08 Å². The van der Waals surface area contributed by atoms with Crippen LogP contribution in [0.3, 0.4) is 0 Å². The van der Waals surface area contributed by atoms with E-state index in [0.717, 1.165) is 5.69 Å². The largest absolute Gasteiger partial charge is 0.378 e. The average Bonchev–Trinajstić information content (AvgIpc) is 2.15. The first kappa shape index (κ1) is 9.65. The minimum atomic E-state index is 1.11. The van der Waals surface area contributed by atoms with Crippen molar-refractivity contribution in [3.05, 3.63) is 36.5 Å². The van der Waals surface area contributed by atoms with Gasteiger partial charge in [0.15, 0.2) is 0 Å². The Labute approximate surface area is 79.9 Å². The summed E-state index contributed by atoms with van der Waals surface area (Å²) in [5.74, 6) is 0. The fourth-order valence-corrected chi connectivity index (χ4v) is 1.04. The van der Waals surface area contributed by atoms with Gasteiger partial charge in [0.05, 0.1) is 0 Å². The zero-order valence-corrected chi connectivity index (χ0v) is 8.41. The molecule has 0 saturated carbocycles. The molecule has 0 bridgehead atoms. The van der Waals surface area contributed by atoms with Crippen molar-refractivity contribution in [2.45, 2.75) is 6.92 Å². The molecule has 2 heteroatoms. The molecule has 0 unspecified atom stereocenters. The van der Waals surface area contributed by atoms with Gasteiger partial charge in [-0.3, -0.25) is 0 Å². The highest BCUT2D eigenvalue weighted by molar-refractivity contribution is 5.55. The number of allylic oxidation sites excluding steroid dienone is 1. The zero-order chi connectivity index (χ0) is 9.68. The molecule has 1 rings (SSSR count). The Hall–Kier alpha value is -1.44. The van der Waals surface area contributed by atoms with Gasteiger partial charge in [-0.2, -0.15) is 0 Å². The molecule has 0 heterocycles. The highest BCUT2D eigenvalue weighted by Crippen LogP contribution is 2.15. The molecule has 0 aromatic heterocycles. The number of anilines is 2. The molecule has 0 aliphatic rings. The van der Waals surface area contributed by atoms with E-state index in [-0.39, 0.29) is 0 Å². The van der Waals surface area contributed by atoms with E-state index >= 15 is 0 Å². The van der Waals surface area contributed by atoms with E-state index in [1.165, 1.54) is 5.69 Å². The highest BCUT2D eigenvalue weighted by atomic mass is 15.1. The number of hydrogen-bond donors (Lipinski definition) is 1. The summed E-state index contributed by atoms with van der Waals surface area (Å²) in [7, 11) is 4.07. The Morgan fingerprint density at radius 1 is 1.15 bits per heavy atom. The number of rotatable bonds is 3. The Kier molecular flexibility index (Phi) is 3.38. The number of nitrogens with zero attached hydrogens (tertiary/aromatic N) is 1. The van der Waals surface area contributed by atoms with Crippen molar-refractivity contribution in [1.29, 1.82) is 0 Å². The maximum Gasteiger partial charge on any atom is 0.0381 e. The number of hydrogen-bond acceptors (Lipinski definition) is 2. The van der Waals surface area contributed by atoms with Gasteiger partial charge >= 0.3 is 0 Å². The van der Waals surface area contributed by atoms with Gasteiger partial charge < -0.3 is 10.2 Å². The lowest BCUT2D eigenvalue weighted by atomic mass is 10.2. The van der Waals surface area contributed by atoms with E-state index in [0.29, 0.717) is 0 Å². The Morgan fingerprint density at radius 3 is 2.23 bits per heavy atom. The molecule has 0 saturated heterocycles. The van der Waals surface area contributed by atoms with Gasteiger partial charge in [-0.15, -0.1) is 0 Å². The normalized spacial score (nSPS) is 10.4. The molecule has 0 amide bonds. The van der Waals surface area contributed by atoms with Crippen molar-refractivity contribution < 1.29 is 0 Å². The molecule has 1 aromatic rings. The van der Waals surface area contributed by atoms with Crippen LogP contribution in [-0.2, 0) is 0 Å². The molecule has 0 atom stereocenters. The van der Waals surface area contributed by atoms with Crippen molar-refractivity contribution >= 4 is 11.4 Å². The first-order valence-corrected chi connectivity index (χ1v) is 4.39. The van der Waals surface area contributed by atoms with Crippen LogP contribution < -0.4 is 10.2 Å². The van der Waals surface area contributed by atoms with Crippen LogP contribution in [-0.4, -0.2) is 14.1 Å². The summed E-state index contributed by atoms with van der Waals surface area (Å²) in [5, 5.41) is 3.16. The van der Waals surface area contributed by atoms with E-state index in [4.69, 9.17) is 0 Å². The number of nitrogens with one attached hydrogen (secondary N) is 1. The second kappa shape index (κ2) is 4.55. The second-order valence-corrected chi connectivity index (χ2v) is 3.09. The monoisotopic (exact) mass is 176 g/mol. The summed E-state index contributed by atoms with van der Waals surface area (Å²) < 4.78 is 0. The van der Waals surface area contributed by atoms with E-state index in [2.05, 4.69) is 34.5 Å². The molecule has 2 nitrogen and oxygen atoms in total. The van der Waals surface area contributed by atoms with Gasteiger partial charge in [0.25, 0.3) is 0 Å². The van der Waals surface area contributed by atoms with Crippen LogP contribution in [0, 0.1) is 0 Å². The first-order chi connectivity index (χ1) is 6.24. The first-order valence-electron chi connectivity index (χ1n) is 4.39. The van der Waals surface area contributed by atoms with E-state index in [1.807, 2.05) is 33.3 Å². The molecule has 13 heavy (non-hydrogen) atoms. The van der Waals surface area contributed by atoms with Crippen LogP contribution >= 0.6 is 0 Å². The topological polar surface area (TPSA) is 15.3 Å². The van der Waals surface area contributed by atoms with Crippen LogP contribution in [0.1, 0.15) is 6.92 Å². The van der Waals surface area contributed by atoms with Crippen molar-refractivity contribution in [3.63, 3.8) is 0 Å². The molecule has 0 radical (unpaired) electrons. The van der Waals surface area contributed by atoms with Crippen molar-refractivity contribution in [2.24, 2.45) is 0 Å². The Balaban J connectivity index is 2.69. The van der Waals surface area contributed by atoms with E-state index in [9.17, 15) is 0 Å². The third kappa shape index (κ3) is 2.82. The van der Waals surface area contributed by atoms with Crippen LogP contribution in [0.5, 0.6) is 0 Å². The summed E-state index contributed by atoms with van der Waals surface area (Å²) in [5.41, 5.74) is 2.33. The standard InChI is InChI=1S/C11H16N2/c1-4-9-12-10-5-7-11(8-6-10)13(2)3/h4-9,12H,1-3H3/b9-4-. The van der Waals surface area contributed by atoms with Crippen LogP contribution in [0.2, 0.25) is 0 Å². The smallest absolute Gasteiger partial charge is 0.0381 e. The molecule has 70 valence electrons. The summed E-state index contributed by atoms with van der Waals surface area (Å²) in [6.45, 7) is 1.99. The van der Waals surface area contributed by atoms with Gasteiger partial charge in [-0.25, -0.2) is 0 Å². The third-order valence-electron chi connectivity index (χ3n) is 1.80. The predicted molar refractivity (Wildman–Crippen MR) is 59.2 cm³/mol. The predicted octanol–water partition coefficient (Wildman–Crippen LogP) is 2.70. The maximum atomic E-state index is 3.16. The zero-order valence-electron chi connectivity index (χ0n) is 8.41. The Morgan fingerprint density at radius 2 is 1.77 bits per heavy atom. The van der Waals surface area contributed by atoms with Crippen molar-refractivity contribution in [3.8, 4) is 0 Å². The van der Waals surface area contributed by atoms with Gasteiger partial charge in [0.2, 0.25) is 0 Å². The van der Waals surface area contributed by atoms with E-state index < -0.39 is 0 Å². The molecular formula is C11H16N2. The van der Waals surface area contributed by atoms with Crippen molar-refractivity contribution in [1.82, 2.24) is 0 Å². The minimum Gasteiger partial charge on any atom is -0.378 e. The molecule has 1 N–H and O–H groups in total. The average molecular weight is 176 g/mol. The molecule has 0 aliphatic heterocycles. The molecule has 1 aromatic carbocycles. The van der Waals surface area contributed by atoms with Gasteiger partial charge in [0.1, 0.15) is 0 Å². The molecule has 0 spiro atoms. The van der Waals surface area contributed by atoms with Crippen LogP contribution in [0.4, 0.5) is 11.4 Å². The SMILES string of the molecule is C/C=C\Nc1ccc(N(C)C)cc1. The quantitative estimate of drug-likeness (QED) is 0.761. The van der Waals surface area contributed by atoms with Crippen molar-refractivity contribution in [2.75, 3.05) is 24.3 Å². The lowest BCUT2D eigenvalue weighted by Crippen LogP contribution is -2.08. The molecular weight excluding hydrogens is 160 g/mol. The minimum absolute atomic E-state index is 1.11. The lowest BCUT2D eigenvalue weighted by molar-refractivity contribution is 1.13. The van der Waals surface area contributed by atoms with Gasteiger partial charge in [-0.05, 0) is 37.4 Å². The molecule has 0 aliphatic carbocycles. The highest BCUT2D eigenvalue weighted by Gasteiger charge is 1.93. The summed E-state index contributed by atoms with van der Waals surface area (Å²) in [4.78, 5) is 2.08. The lowest BCUT2D eigenvalue weighted by Gasteiger charge is -2.12. The maximum absolute atomic E-state index is 3.16. The third-order valence-corrected chi connectivity index (χ3v) is 1.80. The number of benzene rings is 1. The van der Waals surface area contributed by atoms with E-state index in [1.54, 1.807) is 0 Å². The fraction of sp³-hybridized carbons (Fsp3) is 0.273. The fourth-order valence-electron chi connectivity index (χ4n) is 1.04. The Bertz CT molecular complexity index is 273. The van der Waals surface area contributed by atoms with Crippen LogP contribution in [0.15, 0.2) is 36.5 Å². The summed E-state index contributed by atoms with van der Waals surface area (Å²) >= 11 is 0. The van der Waals surface area contributed by atoms with Crippen LogP contribution in [0.25, 0.3) is 0 Å². The summed E-state index contributed by atoms with van der Waals surface area (Å²) in [6, 6.07) is 8.31. The second-order valence-electron chi connectivity index (χ2n) is 3.09. The summed E-state index contributed by atoms with van der Waals surface area (Å²) in [6.07, 6.45) is 3.89. The van der Waals surface area contributed by atoms with Gasteiger partial charge in [0, 0.05) is 25.5 Å². The molecule has 0 fully saturated rings.